The summed E-state index contributed by atoms with van der Waals surface area (Å²) in [5.41, 5.74) is 1.94. The molecule has 2 aromatic carbocycles. The molecule has 4 nitrogen and oxygen atoms in total. The summed E-state index contributed by atoms with van der Waals surface area (Å²) >= 11 is 5.14. The second kappa shape index (κ2) is 8.55. The minimum Gasteiger partial charge on any atom is -0.378 e. The number of amides is 1. The van der Waals surface area contributed by atoms with Crippen LogP contribution in [0.15, 0.2) is 57.9 Å². The Morgan fingerprint density at radius 2 is 1.92 bits per heavy atom. The summed E-state index contributed by atoms with van der Waals surface area (Å²) in [7, 11) is 0. The van der Waals surface area contributed by atoms with Gasteiger partial charge in [-0.2, -0.15) is 0 Å². The summed E-state index contributed by atoms with van der Waals surface area (Å²) < 4.78 is 6.37. The molecule has 0 aromatic heterocycles. The number of nitrogens with zero attached hydrogens (tertiary/aromatic N) is 1. The molecule has 0 saturated carbocycles. The van der Waals surface area contributed by atoms with Crippen LogP contribution >= 0.6 is 27.7 Å². The highest BCUT2D eigenvalue weighted by Gasteiger charge is 2.14. The zero-order valence-electron chi connectivity index (χ0n) is 13.2. The monoisotopic (exact) mass is 406 g/mol. The first-order chi connectivity index (χ1) is 11.7. The zero-order valence-corrected chi connectivity index (χ0v) is 15.6. The summed E-state index contributed by atoms with van der Waals surface area (Å²) in [6.45, 7) is 3.28. The van der Waals surface area contributed by atoms with Crippen molar-refractivity contribution in [1.29, 1.82) is 0 Å². The van der Waals surface area contributed by atoms with Gasteiger partial charge in [-0.25, -0.2) is 0 Å². The highest BCUT2D eigenvalue weighted by Crippen LogP contribution is 2.30. The van der Waals surface area contributed by atoms with Crippen molar-refractivity contribution in [1.82, 2.24) is 0 Å². The molecule has 0 bridgehead atoms. The summed E-state index contributed by atoms with van der Waals surface area (Å²) in [5, 5.41) is 2.95. The van der Waals surface area contributed by atoms with Gasteiger partial charge in [0.05, 0.1) is 24.7 Å². The molecule has 1 saturated heterocycles. The number of hydrogen-bond acceptors (Lipinski definition) is 4. The minimum atomic E-state index is -0.00474. The lowest BCUT2D eigenvalue weighted by molar-refractivity contribution is -0.113. The van der Waals surface area contributed by atoms with Crippen molar-refractivity contribution in [2.45, 2.75) is 4.90 Å². The lowest BCUT2D eigenvalue weighted by Gasteiger charge is -2.29. The van der Waals surface area contributed by atoms with E-state index in [4.69, 9.17) is 4.74 Å². The van der Waals surface area contributed by atoms with E-state index in [1.54, 1.807) is 0 Å². The highest BCUT2D eigenvalue weighted by atomic mass is 79.9. The summed E-state index contributed by atoms with van der Waals surface area (Å²) in [6.07, 6.45) is 0. The van der Waals surface area contributed by atoms with Crippen LogP contribution in [-0.4, -0.2) is 38.0 Å². The number of rotatable bonds is 5. The molecule has 1 heterocycles. The largest absolute Gasteiger partial charge is 0.378 e. The van der Waals surface area contributed by atoms with Crippen LogP contribution < -0.4 is 10.2 Å². The van der Waals surface area contributed by atoms with Crippen molar-refractivity contribution in [2.24, 2.45) is 0 Å². The first-order valence-electron chi connectivity index (χ1n) is 7.82. The normalized spacial score (nSPS) is 14.5. The molecule has 3 rings (SSSR count). The van der Waals surface area contributed by atoms with Crippen molar-refractivity contribution >= 4 is 45.0 Å². The number of nitrogens with one attached hydrogen (secondary N) is 1. The number of morpholine rings is 1. The van der Waals surface area contributed by atoms with Crippen molar-refractivity contribution in [3.63, 3.8) is 0 Å². The zero-order chi connectivity index (χ0) is 16.8. The first kappa shape index (κ1) is 17.3. The summed E-state index contributed by atoms with van der Waals surface area (Å²) in [5.74, 6) is 0.391. The van der Waals surface area contributed by atoms with Crippen molar-refractivity contribution in [3.05, 3.63) is 53.0 Å². The number of anilines is 2. The third-order valence-corrected chi connectivity index (χ3v) is 5.34. The fourth-order valence-corrected chi connectivity index (χ4v) is 3.86. The van der Waals surface area contributed by atoms with Gasteiger partial charge in [0.2, 0.25) is 5.91 Å². The van der Waals surface area contributed by atoms with Gasteiger partial charge in [0, 0.05) is 28.1 Å². The molecule has 0 atom stereocenters. The van der Waals surface area contributed by atoms with Crippen LogP contribution in [0.3, 0.4) is 0 Å². The number of thioether (sulfide) groups is 1. The lowest BCUT2D eigenvalue weighted by Crippen LogP contribution is -2.36. The summed E-state index contributed by atoms with van der Waals surface area (Å²) in [6, 6.07) is 15.9. The van der Waals surface area contributed by atoms with Gasteiger partial charge in [-0.1, -0.05) is 18.2 Å². The second-order valence-electron chi connectivity index (χ2n) is 5.42. The molecule has 1 aliphatic rings. The lowest BCUT2D eigenvalue weighted by atomic mass is 10.2. The number of carbonyl (C=O) groups is 1. The number of benzene rings is 2. The Balaban J connectivity index is 1.57. The topological polar surface area (TPSA) is 41.6 Å². The number of ether oxygens (including phenoxy) is 1. The maximum absolute atomic E-state index is 12.1. The van der Waals surface area contributed by atoms with E-state index in [1.165, 1.54) is 11.8 Å². The molecule has 2 aromatic rings. The predicted octanol–water partition coefficient (Wildman–Crippen LogP) is 4.02. The standard InChI is InChI=1S/C18H19BrN2O2S/c19-16-12-14(6-7-17(16)21-8-10-23-11-9-21)20-18(22)13-24-15-4-2-1-3-5-15/h1-7,12H,8-11,13H2,(H,20,22). The van der Waals surface area contributed by atoms with Crippen LogP contribution in [0.5, 0.6) is 0 Å². The third-order valence-electron chi connectivity index (χ3n) is 3.70. The van der Waals surface area contributed by atoms with Gasteiger partial charge in [-0.3, -0.25) is 4.79 Å². The molecule has 1 amide bonds. The first-order valence-corrected chi connectivity index (χ1v) is 9.60. The minimum absolute atomic E-state index is 0.00474. The van der Waals surface area contributed by atoms with Gasteiger partial charge in [0.15, 0.2) is 0 Å². The number of carbonyl (C=O) groups excluding carboxylic acids is 1. The molecule has 0 unspecified atom stereocenters. The molecule has 1 aliphatic heterocycles. The predicted molar refractivity (Wildman–Crippen MR) is 103 cm³/mol. The van der Waals surface area contributed by atoms with E-state index in [1.807, 2.05) is 48.5 Å². The molecule has 0 radical (unpaired) electrons. The third kappa shape index (κ3) is 4.75. The maximum Gasteiger partial charge on any atom is 0.234 e. The Hall–Kier alpha value is -1.50. The van der Waals surface area contributed by atoms with E-state index in [2.05, 4.69) is 26.1 Å². The van der Waals surface area contributed by atoms with E-state index in [-0.39, 0.29) is 5.91 Å². The van der Waals surface area contributed by atoms with E-state index >= 15 is 0 Å². The van der Waals surface area contributed by atoms with Crippen LogP contribution in [0.2, 0.25) is 0 Å². The molecule has 126 valence electrons. The van der Waals surface area contributed by atoms with Crippen LogP contribution in [-0.2, 0) is 9.53 Å². The molecule has 6 heteroatoms. The number of halogens is 1. The van der Waals surface area contributed by atoms with Crippen LogP contribution in [0.4, 0.5) is 11.4 Å². The smallest absolute Gasteiger partial charge is 0.234 e. The summed E-state index contributed by atoms with van der Waals surface area (Å²) in [4.78, 5) is 15.5. The molecule has 0 aliphatic carbocycles. The van der Waals surface area contributed by atoms with Crippen LogP contribution in [0, 0.1) is 0 Å². The molecule has 24 heavy (non-hydrogen) atoms. The van der Waals surface area contributed by atoms with Gasteiger partial charge in [-0.15, -0.1) is 11.8 Å². The molecule has 0 spiro atoms. The fraction of sp³-hybridized carbons (Fsp3) is 0.278. The Morgan fingerprint density at radius 1 is 1.17 bits per heavy atom. The molecular formula is C18H19BrN2O2S. The second-order valence-corrected chi connectivity index (χ2v) is 7.32. The van der Waals surface area contributed by atoms with Crippen LogP contribution in [0.25, 0.3) is 0 Å². The average Bonchev–Trinajstić information content (AvgIpc) is 2.62. The van der Waals surface area contributed by atoms with Gasteiger partial charge in [0.25, 0.3) is 0 Å². The van der Waals surface area contributed by atoms with E-state index in [0.29, 0.717) is 5.75 Å². The van der Waals surface area contributed by atoms with Gasteiger partial charge in [0.1, 0.15) is 0 Å². The van der Waals surface area contributed by atoms with Crippen molar-refractivity contribution in [2.75, 3.05) is 42.3 Å². The molecule has 1 fully saturated rings. The Kier molecular flexibility index (Phi) is 6.18. The SMILES string of the molecule is O=C(CSc1ccccc1)Nc1ccc(N2CCOCC2)c(Br)c1. The van der Waals surface area contributed by atoms with Crippen LogP contribution in [0.1, 0.15) is 0 Å². The average molecular weight is 407 g/mol. The van der Waals surface area contributed by atoms with Crippen molar-refractivity contribution < 1.29 is 9.53 Å². The van der Waals surface area contributed by atoms with E-state index in [9.17, 15) is 4.79 Å². The van der Waals surface area contributed by atoms with E-state index in [0.717, 1.165) is 47.0 Å². The fourth-order valence-electron chi connectivity index (χ4n) is 2.51. The molecular weight excluding hydrogens is 388 g/mol. The molecule has 1 N–H and O–H groups in total. The van der Waals surface area contributed by atoms with E-state index < -0.39 is 0 Å². The number of hydrogen-bond donors (Lipinski definition) is 1. The quantitative estimate of drug-likeness (QED) is 0.761. The van der Waals surface area contributed by atoms with Crippen molar-refractivity contribution in [3.8, 4) is 0 Å². The van der Waals surface area contributed by atoms with Gasteiger partial charge < -0.3 is 15.0 Å². The van der Waals surface area contributed by atoms with Gasteiger partial charge in [-0.05, 0) is 46.3 Å². The van der Waals surface area contributed by atoms with Gasteiger partial charge >= 0.3 is 0 Å². The Labute approximate surface area is 154 Å². The Bertz CT molecular complexity index is 691. The highest BCUT2D eigenvalue weighted by molar-refractivity contribution is 9.10. The Morgan fingerprint density at radius 3 is 2.62 bits per heavy atom. The maximum atomic E-state index is 12.1.